The van der Waals surface area contributed by atoms with Crippen molar-refractivity contribution in [3.05, 3.63) is 23.1 Å². The lowest BCUT2D eigenvalue weighted by Gasteiger charge is -2.07. The van der Waals surface area contributed by atoms with Gasteiger partial charge in [-0.2, -0.15) is 0 Å². The Hall–Kier alpha value is -0.480. The highest BCUT2D eigenvalue weighted by atomic mass is 79.9. The Morgan fingerprint density at radius 3 is 3.00 bits per heavy atom. The number of alkyl halides is 1. The second kappa shape index (κ2) is 5.41. The molecule has 0 radical (unpaired) electrons. The average Bonchev–Trinajstić information content (AvgIpc) is 2.60. The molecule has 0 spiro atoms. The molecule has 1 rings (SSSR count). The van der Waals surface area contributed by atoms with E-state index in [1.54, 1.807) is 6.07 Å². The summed E-state index contributed by atoms with van der Waals surface area (Å²) >= 11 is 9.06. The van der Waals surface area contributed by atoms with Crippen LogP contribution in [0.5, 0.6) is 0 Å². The number of rotatable bonds is 4. The normalized spacial score (nSPS) is 12.5. The maximum absolute atomic E-state index is 11.5. The number of carbonyl (C=O) groups is 1. The molecule has 0 aromatic carbocycles. The molecule has 1 heterocycles. The SMILES string of the molecule is CCC(Br)CNC(=O)c1ccoc1Cl. The van der Waals surface area contributed by atoms with Crippen LogP contribution in [-0.2, 0) is 0 Å². The summed E-state index contributed by atoms with van der Waals surface area (Å²) in [4.78, 5) is 11.8. The summed E-state index contributed by atoms with van der Waals surface area (Å²) in [5.74, 6) is -0.207. The van der Waals surface area contributed by atoms with Crippen LogP contribution < -0.4 is 5.32 Å². The first-order chi connectivity index (χ1) is 6.65. The van der Waals surface area contributed by atoms with E-state index < -0.39 is 0 Å². The maximum atomic E-state index is 11.5. The number of carbonyl (C=O) groups excluding carboxylic acids is 1. The highest BCUT2D eigenvalue weighted by molar-refractivity contribution is 9.09. The zero-order chi connectivity index (χ0) is 10.6. The van der Waals surface area contributed by atoms with Crippen LogP contribution in [0.2, 0.25) is 5.22 Å². The van der Waals surface area contributed by atoms with E-state index in [1.165, 1.54) is 6.26 Å². The van der Waals surface area contributed by atoms with E-state index in [2.05, 4.69) is 21.2 Å². The zero-order valence-electron chi connectivity index (χ0n) is 7.72. The lowest BCUT2D eigenvalue weighted by atomic mass is 10.3. The summed E-state index contributed by atoms with van der Waals surface area (Å²) in [6, 6.07) is 1.55. The Bertz CT molecular complexity index is 314. The Morgan fingerprint density at radius 1 is 1.79 bits per heavy atom. The molecule has 1 aromatic heterocycles. The number of nitrogens with one attached hydrogen (secondary N) is 1. The molecule has 0 saturated heterocycles. The van der Waals surface area contributed by atoms with Crippen LogP contribution in [-0.4, -0.2) is 17.3 Å². The topological polar surface area (TPSA) is 42.2 Å². The lowest BCUT2D eigenvalue weighted by molar-refractivity contribution is 0.0953. The summed E-state index contributed by atoms with van der Waals surface area (Å²) in [5, 5.41) is 2.88. The van der Waals surface area contributed by atoms with Crippen molar-refractivity contribution in [1.82, 2.24) is 5.32 Å². The fourth-order valence-electron chi connectivity index (χ4n) is 0.899. The minimum Gasteiger partial charge on any atom is -0.452 e. The van der Waals surface area contributed by atoms with Gasteiger partial charge in [0, 0.05) is 11.4 Å². The number of hydrogen-bond donors (Lipinski definition) is 1. The molecule has 1 N–H and O–H groups in total. The Labute approximate surface area is 95.9 Å². The molecule has 0 fully saturated rings. The third-order valence-corrected chi connectivity index (χ3v) is 3.05. The van der Waals surface area contributed by atoms with E-state index in [0.717, 1.165) is 6.42 Å². The van der Waals surface area contributed by atoms with Gasteiger partial charge in [0.25, 0.3) is 5.91 Å². The number of halogens is 2. The summed E-state index contributed by atoms with van der Waals surface area (Å²) in [7, 11) is 0. The van der Waals surface area contributed by atoms with Crippen molar-refractivity contribution in [1.29, 1.82) is 0 Å². The van der Waals surface area contributed by atoms with E-state index in [1.807, 2.05) is 6.92 Å². The van der Waals surface area contributed by atoms with Gasteiger partial charge in [0.2, 0.25) is 5.22 Å². The van der Waals surface area contributed by atoms with Crippen molar-refractivity contribution < 1.29 is 9.21 Å². The summed E-state index contributed by atoms with van der Waals surface area (Å²) in [6.07, 6.45) is 2.35. The molecule has 3 nitrogen and oxygen atoms in total. The molecule has 1 atom stereocenters. The summed E-state index contributed by atoms with van der Waals surface area (Å²) < 4.78 is 4.81. The van der Waals surface area contributed by atoms with Crippen molar-refractivity contribution in [2.45, 2.75) is 18.2 Å². The van der Waals surface area contributed by atoms with E-state index in [0.29, 0.717) is 12.1 Å². The second-order valence-electron chi connectivity index (χ2n) is 2.82. The molecule has 0 aliphatic rings. The minimum absolute atomic E-state index is 0.130. The van der Waals surface area contributed by atoms with Gasteiger partial charge in [-0.25, -0.2) is 0 Å². The highest BCUT2D eigenvalue weighted by Gasteiger charge is 2.13. The van der Waals surface area contributed by atoms with Gasteiger partial charge in [-0.1, -0.05) is 22.9 Å². The van der Waals surface area contributed by atoms with Crippen LogP contribution in [0.3, 0.4) is 0 Å². The molecule has 1 unspecified atom stereocenters. The van der Waals surface area contributed by atoms with Crippen LogP contribution in [0.4, 0.5) is 0 Å². The molecule has 0 aliphatic carbocycles. The van der Waals surface area contributed by atoms with Gasteiger partial charge in [-0.05, 0) is 24.1 Å². The van der Waals surface area contributed by atoms with Crippen molar-refractivity contribution in [2.75, 3.05) is 6.54 Å². The second-order valence-corrected chi connectivity index (χ2v) is 4.46. The third kappa shape index (κ3) is 3.03. The molecule has 14 heavy (non-hydrogen) atoms. The predicted molar refractivity (Wildman–Crippen MR) is 59.1 cm³/mol. The van der Waals surface area contributed by atoms with Crippen molar-refractivity contribution >= 4 is 33.4 Å². The Balaban J connectivity index is 2.47. The van der Waals surface area contributed by atoms with Crippen LogP contribution in [0.1, 0.15) is 23.7 Å². The van der Waals surface area contributed by atoms with Crippen LogP contribution in [0.25, 0.3) is 0 Å². The Morgan fingerprint density at radius 2 is 2.50 bits per heavy atom. The van der Waals surface area contributed by atoms with Crippen molar-refractivity contribution in [2.24, 2.45) is 0 Å². The van der Waals surface area contributed by atoms with E-state index in [4.69, 9.17) is 16.0 Å². The first kappa shape index (κ1) is 11.6. The van der Waals surface area contributed by atoms with Gasteiger partial charge in [0.15, 0.2) is 0 Å². The Kier molecular flexibility index (Phi) is 4.48. The fourth-order valence-corrected chi connectivity index (χ4v) is 1.26. The number of amides is 1. The predicted octanol–water partition coefficient (Wildman–Crippen LogP) is 2.84. The lowest BCUT2D eigenvalue weighted by Crippen LogP contribution is -2.29. The van der Waals surface area contributed by atoms with Crippen molar-refractivity contribution in [3.8, 4) is 0 Å². The first-order valence-electron chi connectivity index (χ1n) is 4.30. The van der Waals surface area contributed by atoms with E-state index in [9.17, 15) is 4.79 Å². The molecule has 0 aliphatic heterocycles. The largest absolute Gasteiger partial charge is 0.452 e. The third-order valence-electron chi connectivity index (χ3n) is 1.79. The van der Waals surface area contributed by atoms with Gasteiger partial charge < -0.3 is 9.73 Å². The highest BCUT2D eigenvalue weighted by Crippen LogP contribution is 2.16. The number of hydrogen-bond acceptors (Lipinski definition) is 2. The maximum Gasteiger partial charge on any atom is 0.256 e. The molecule has 0 bridgehead atoms. The van der Waals surface area contributed by atoms with Crippen molar-refractivity contribution in [3.63, 3.8) is 0 Å². The summed E-state index contributed by atoms with van der Waals surface area (Å²) in [6.45, 7) is 2.62. The monoisotopic (exact) mass is 279 g/mol. The molecular weight excluding hydrogens is 269 g/mol. The van der Waals surface area contributed by atoms with E-state index >= 15 is 0 Å². The summed E-state index contributed by atoms with van der Waals surface area (Å²) in [5.41, 5.74) is 0.377. The quantitative estimate of drug-likeness (QED) is 0.862. The first-order valence-corrected chi connectivity index (χ1v) is 5.59. The van der Waals surface area contributed by atoms with Gasteiger partial charge >= 0.3 is 0 Å². The smallest absolute Gasteiger partial charge is 0.256 e. The zero-order valence-corrected chi connectivity index (χ0v) is 10.1. The average molecular weight is 281 g/mol. The minimum atomic E-state index is -0.207. The molecule has 1 amide bonds. The van der Waals surface area contributed by atoms with Crippen LogP contribution >= 0.6 is 27.5 Å². The van der Waals surface area contributed by atoms with Gasteiger partial charge in [-0.15, -0.1) is 0 Å². The molecule has 0 saturated carbocycles. The molecule has 1 aromatic rings. The fraction of sp³-hybridized carbons (Fsp3) is 0.444. The van der Waals surface area contributed by atoms with Gasteiger partial charge in [-0.3, -0.25) is 4.79 Å². The van der Waals surface area contributed by atoms with Gasteiger partial charge in [0.1, 0.15) is 0 Å². The number of furan rings is 1. The molecule has 78 valence electrons. The van der Waals surface area contributed by atoms with Crippen LogP contribution in [0.15, 0.2) is 16.7 Å². The standard InChI is InChI=1S/C9H11BrClNO2/c1-2-6(10)5-12-9(13)7-3-4-14-8(7)11/h3-4,6H,2,5H2,1H3,(H,12,13). The van der Waals surface area contributed by atoms with Gasteiger partial charge in [0.05, 0.1) is 11.8 Å². The van der Waals surface area contributed by atoms with E-state index in [-0.39, 0.29) is 16.0 Å². The molecule has 5 heteroatoms. The molecular formula is C9H11BrClNO2. The van der Waals surface area contributed by atoms with Crippen LogP contribution in [0, 0.1) is 0 Å².